The van der Waals surface area contributed by atoms with Crippen LogP contribution in [0.15, 0.2) is 16.7 Å². The minimum atomic E-state index is 0.221. The second-order valence-electron chi connectivity index (χ2n) is 5.13. The van der Waals surface area contributed by atoms with E-state index < -0.39 is 0 Å². The lowest BCUT2D eigenvalue weighted by atomic mass is 10.2. The molecule has 1 aliphatic carbocycles. The van der Waals surface area contributed by atoms with Crippen LogP contribution in [-0.2, 0) is 13.2 Å². The van der Waals surface area contributed by atoms with Gasteiger partial charge in [-0.05, 0) is 18.9 Å². The molecule has 2 heterocycles. The Morgan fingerprint density at radius 3 is 2.81 bits per heavy atom. The van der Waals surface area contributed by atoms with Crippen molar-refractivity contribution in [3.05, 3.63) is 29.4 Å². The highest BCUT2D eigenvalue weighted by Gasteiger charge is 2.29. The lowest BCUT2D eigenvalue weighted by Crippen LogP contribution is -2.04. The number of benzene rings is 1. The third kappa shape index (κ3) is 2.40. The lowest BCUT2D eigenvalue weighted by molar-refractivity contribution is 0.173. The maximum Gasteiger partial charge on any atom is 0.231 e. The van der Waals surface area contributed by atoms with Crippen molar-refractivity contribution >= 4 is 0 Å². The molecule has 0 atom stereocenters. The second-order valence-corrected chi connectivity index (χ2v) is 5.13. The Morgan fingerprint density at radius 2 is 2.05 bits per heavy atom. The summed E-state index contributed by atoms with van der Waals surface area (Å²) in [6.45, 7) is 0.812. The molecule has 2 aromatic rings. The quantitative estimate of drug-likeness (QED) is 0.895. The summed E-state index contributed by atoms with van der Waals surface area (Å²) in [7, 11) is 0. The van der Waals surface area contributed by atoms with E-state index >= 15 is 0 Å². The molecule has 2 N–H and O–H groups in total. The third-order valence-electron chi connectivity index (χ3n) is 3.54. The van der Waals surface area contributed by atoms with E-state index in [1.807, 2.05) is 6.07 Å². The van der Waals surface area contributed by atoms with E-state index in [1.165, 1.54) is 0 Å². The van der Waals surface area contributed by atoms with Crippen LogP contribution in [0.2, 0.25) is 0 Å². The van der Waals surface area contributed by atoms with Crippen molar-refractivity contribution in [1.82, 2.24) is 10.1 Å². The van der Waals surface area contributed by atoms with Gasteiger partial charge in [0.05, 0.1) is 0 Å². The Hall–Kier alpha value is -2.28. The summed E-state index contributed by atoms with van der Waals surface area (Å²) >= 11 is 0. The van der Waals surface area contributed by atoms with Crippen molar-refractivity contribution < 1.29 is 18.7 Å². The van der Waals surface area contributed by atoms with Crippen LogP contribution in [0.4, 0.5) is 0 Å². The molecule has 0 amide bonds. The SMILES string of the molecule is NCc1cc2c(cc1OCc1noc(C3CC3)n1)OCO2. The lowest BCUT2D eigenvalue weighted by Gasteiger charge is -2.09. The van der Waals surface area contributed by atoms with Crippen LogP contribution >= 0.6 is 0 Å². The smallest absolute Gasteiger partial charge is 0.231 e. The van der Waals surface area contributed by atoms with Crippen molar-refractivity contribution in [3.8, 4) is 17.2 Å². The predicted molar refractivity (Wildman–Crippen MR) is 71.1 cm³/mol. The average molecular weight is 289 g/mol. The average Bonchev–Trinajstić information content (AvgIpc) is 3.08. The molecule has 0 radical (unpaired) electrons. The van der Waals surface area contributed by atoms with Crippen LogP contribution in [0.5, 0.6) is 17.2 Å². The number of hydrogen-bond acceptors (Lipinski definition) is 7. The van der Waals surface area contributed by atoms with Gasteiger partial charge in [-0.3, -0.25) is 0 Å². The third-order valence-corrected chi connectivity index (χ3v) is 3.54. The van der Waals surface area contributed by atoms with Gasteiger partial charge >= 0.3 is 0 Å². The van der Waals surface area contributed by atoms with Crippen molar-refractivity contribution in [2.75, 3.05) is 6.79 Å². The molecule has 21 heavy (non-hydrogen) atoms. The highest BCUT2D eigenvalue weighted by molar-refractivity contribution is 5.51. The molecule has 7 nitrogen and oxygen atoms in total. The first-order valence-electron chi connectivity index (χ1n) is 6.91. The fraction of sp³-hybridized carbons (Fsp3) is 0.429. The standard InChI is InChI=1S/C14H15N3O4/c15-5-9-3-11-12(20-7-19-11)4-10(9)18-6-13-16-14(21-17-13)8-1-2-8/h3-4,8H,1-2,5-7,15H2. The monoisotopic (exact) mass is 289 g/mol. The number of ether oxygens (including phenoxy) is 3. The van der Waals surface area contributed by atoms with E-state index in [0.29, 0.717) is 41.4 Å². The van der Waals surface area contributed by atoms with Gasteiger partial charge in [-0.2, -0.15) is 4.98 Å². The highest BCUT2D eigenvalue weighted by atomic mass is 16.7. The van der Waals surface area contributed by atoms with Crippen molar-refractivity contribution in [2.45, 2.75) is 31.9 Å². The van der Waals surface area contributed by atoms with Crippen LogP contribution < -0.4 is 19.9 Å². The molecular formula is C14H15N3O4. The number of nitrogens with two attached hydrogens (primary N) is 1. The summed E-state index contributed by atoms with van der Waals surface area (Å²) in [6, 6.07) is 3.62. The minimum Gasteiger partial charge on any atom is -0.485 e. The summed E-state index contributed by atoms with van der Waals surface area (Å²) in [5, 5.41) is 3.92. The topological polar surface area (TPSA) is 92.6 Å². The molecule has 1 aliphatic heterocycles. The molecule has 0 unspecified atom stereocenters. The summed E-state index contributed by atoms with van der Waals surface area (Å²) < 4.78 is 21.6. The highest BCUT2D eigenvalue weighted by Crippen LogP contribution is 2.39. The van der Waals surface area contributed by atoms with E-state index in [4.69, 9.17) is 24.5 Å². The first-order chi connectivity index (χ1) is 10.3. The molecule has 0 bridgehead atoms. The van der Waals surface area contributed by atoms with E-state index in [1.54, 1.807) is 6.07 Å². The molecule has 1 aromatic heterocycles. The number of fused-ring (bicyclic) bond motifs is 1. The normalized spacial score (nSPS) is 16.2. The van der Waals surface area contributed by atoms with E-state index in [9.17, 15) is 0 Å². The van der Waals surface area contributed by atoms with Crippen molar-refractivity contribution in [2.24, 2.45) is 5.73 Å². The molecule has 110 valence electrons. The molecule has 4 rings (SSSR count). The Morgan fingerprint density at radius 1 is 1.24 bits per heavy atom. The first kappa shape index (κ1) is 12.5. The van der Waals surface area contributed by atoms with Gasteiger partial charge in [-0.25, -0.2) is 0 Å². The Labute approximate surface area is 121 Å². The van der Waals surface area contributed by atoms with Crippen LogP contribution in [-0.4, -0.2) is 16.9 Å². The Kier molecular flexibility index (Phi) is 2.92. The number of hydrogen-bond donors (Lipinski definition) is 1. The molecule has 0 saturated heterocycles. The van der Waals surface area contributed by atoms with Gasteiger partial charge in [0, 0.05) is 24.1 Å². The minimum absolute atomic E-state index is 0.221. The van der Waals surface area contributed by atoms with Crippen LogP contribution in [0.25, 0.3) is 0 Å². The second kappa shape index (κ2) is 4.92. The summed E-state index contributed by atoms with van der Waals surface area (Å²) in [6.07, 6.45) is 2.25. The predicted octanol–water partition coefficient (Wildman–Crippen LogP) is 1.71. The summed E-state index contributed by atoms with van der Waals surface area (Å²) in [4.78, 5) is 4.33. The van der Waals surface area contributed by atoms with E-state index in [-0.39, 0.29) is 13.4 Å². The van der Waals surface area contributed by atoms with Crippen molar-refractivity contribution in [3.63, 3.8) is 0 Å². The molecule has 1 saturated carbocycles. The zero-order chi connectivity index (χ0) is 14.2. The molecular weight excluding hydrogens is 274 g/mol. The molecule has 7 heteroatoms. The number of aromatic nitrogens is 2. The molecule has 2 aliphatic rings. The largest absolute Gasteiger partial charge is 0.485 e. The van der Waals surface area contributed by atoms with Gasteiger partial charge in [0.15, 0.2) is 18.1 Å². The van der Waals surface area contributed by atoms with Gasteiger partial charge in [0.2, 0.25) is 18.5 Å². The summed E-state index contributed by atoms with van der Waals surface area (Å²) in [5.74, 6) is 3.69. The number of nitrogens with zero attached hydrogens (tertiary/aromatic N) is 2. The fourth-order valence-corrected chi connectivity index (χ4v) is 2.22. The van der Waals surface area contributed by atoms with Crippen LogP contribution in [0, 0.1) is 0 Å². The zero-order valence-corrected chi connectivity index (χ0v) is 11.4. The van der Waals surface area contributed by atoms with Crippen LogP contribution in [0.1, 0.15) is 36.0 Å². The van der Waals surface area contributed by atoms with Gasteiger partial charge < -0.3 is 24.5 Å². The van der Waals surface area contributed by atoms with E-state index in [0.717, 1.165) is 18.4 Å². The molecule has 0 spiro atoms. The Bertz CT molecular complexity index is 666. The van der Waals surface area contributed by atoms with Gasteiger partial charge in [-0.15, -0.1) is 0 Å². The van der Waals surface area contributed by atoms with Gasteiger partial charge in [0.1, 0.15) is 5.75 Å². The van der Waals surface area contributed by atoms with Gasteiger partial charge in [-0.1, -0.05) is 5.16 Å². The fourth-order valence-electron chi connectivity index (χ4n) is 2.22. The maximum absolute atomic E-state index is 5.75. The Balaban J connectivity index is 1.50. The van der Waals surface area contributed by atoms with Gasteiger partial charge in [0.25, 0.3) is 0 Å². The van der Waals surface area contributed by atoms with Crippen molar-refractivity contribution in [1.29, 1.82) is 0 Å². The summed E-state index contributed by atoms with van der Waals surface area (Å²) in [5.41, 5.74) is 6.59. The first-order valence-corrected chi connectivity index (χ1v) is 6.91. The number of rotatable bonds is 5. The van der Waals surface area contributed by atoms with E-state index in [2.05, 4.69) is 10.1 Å². The van der Waals surface area contributed by atoms with Crippen LogP contribution in [0.3, 0.4) is 0 Å². The zero-order valence-electron chi connectivity index (χ0n) is 11.4. The molecule has 1 fully saturated rings. The molecule has 1 aromatic carbocycles. The maximum atomic E-state index is 5.75.